The number of anilines is 1. The van der Waals surface area contributed by atoms with Crippen LogP contribution in [-0.2, 0) is 0 Å². The van der Waals surface area contributed by atoms with Gasteiger partial charge in [-0.2, -0.15) is 0 Å². The van der Waals surface area contributed by atoms with Crippen molar-refractivity contribution < 1.29 is 9.64 Å². The van der Waals surface area contributed by atoms with Gasteiger partial charge in [0, 0.05) is 11.3 Å². The van der Waals surface area contributed by atoms with Crippen molar-refractivity contribution in [3.8, 4) is 5.75 Å². The third-order valence-corrected chi connectivity index (χ3v) is 5.98. The van der Waals surface area contributed by atoms with Crippen molar-refractivity contribution in [3.05, 3.63) is 59.2 Å². The van der Waals surface area contributed by atoms with E-state index in [4.69, 9.17) is 17.0 Å². The Hall–Kier alpha value is -2.11. The van der Waals surface area contributed by atoms with E-state index in [0.717, 1.165) is 18.0 Å². The lowest BCUT2D eigenvalue weighted by Gasteiger charge is -2.32. The molecule has 1 saturated heterocycles. The van der Waals surface area contributed by atoms with Gasteiger partial charge in [0.25, 0.3) is 0 Å². The lowest BCUT2D eigenvalue weighted by atomic mass is 10.0. The van der Waals surface area contributed by atoms with Gasteiger partial charge in [0.1, 0.15) is 11.8 Å². The number of rotatable bonds is 6. The molecule has 1 aliphatic rings. The van der Waals surface area contributed by atoms with Crippen LogP contribution in [0.25, 0.3) is 0 Å². The quantitative estimate of drug-likeness (QED) is 0.652. The summed E-state index contributed by atoms with van der Waals surface area (Å²) >= 11 is 5.57. The number of thiocarbonyl (C=S) groups is 1. The van der Waals surface area contributed by atoms with Crippen LogP contribution >= 0.6 is 12.2 Å². The van der Waals surface area contributed by atoms with Crippen LogP contribution in [0, 0.1) is 13.8 Å². The van der Waals surface area contributed by atoms with Crippen molar-refractivity contribution in [2.75, 3.05) is 32.1 Å². The normalized spacial score (nSPS) is 15.7. The topological polar surface area (TPSA) is 37.7 Å². The molecule has 0 bridgehead atoms. The van der Waals surface area contributed by atoms with Crippen LogP contribution in [0.1, 0.15) is 42.0 Å². The smallest absolute Gasteiger partial charge is 0.171 e. The van der Waals surface area contributed by atoms with Crippen LogP contribution in [0.5, 0.6) is 5.75 Å². The van der Waals surface area contributed by atoms with Crippen LogP contribution in [0.15, 0.2) is 42.5 Å². The molecule has 1 aliphatic heterocycles. The fourth-order valence-electron chi connectivity index (χ4n) is 3.88. The first-order valence-corrected chi connectivity index (χ1v) is 10.6. The molecule has 0 radical (unpaired) electrons. The van der Waals surface area contributed by atoms with Crippen molar-refractivity contribution >= 4 is 23.0 Å². The van der Waals surface area contributed by atoms with Crippen LogP contribution in [0.2, 0.25) is 0 Å². The highest BCUT2D eigenvalue weighted by Gasteiger charge is 2.26. The van der Waals surface area contributed by atoms with Gasteiger partial charge in [-0.3, -0.25) is 0 Å². The van der Waals surface area contributed by atoms with E-state index < -0.39 is 0 Å². The molecule has 0 saturated carbocycles. The van der Waals surface area contributed by atoms with Crippen molar-refractivity contribution in [3.63, 3.8) is 0 Å². The lowest BCUT2D eigenvalue weighted by Crippen LogP contribution is -3.13. The van der Waals surface area contributed by atoms with Gasteiger partial charge in [0.15, 0.2) is 5.11 Å². The first-order valence-electron chi connectivity index (χ1n) is 10.2. The van der Waals surface area contributed by atoms with Gasteiger partial charge >= 0.3 is 0 Å². The number of quaternary nitrogens is 1. The number of piperidine rings is 1. The molecule has 3 N–H and O–H groups in total. The Kier molecular flexibility index (Phi) is 7.29. The summed E-state index contributed by atoms with van der Waals surface area (Å²) in [6.07, 6.45) is 3.94. The number of hydrogen-bond donors (Lipinski definition) is 3. The molecule has 1 atom stereocenters. The molecule has 1 fully saturated rings. The Bertz CT molecular complexity index is 785. The molecule has 4 nitrogen and oxygen atoms in total. The number of likely N-dealkylation sites (tertiary alicyclic amines) is 1. The van der Waals surface area contributed by atoms with Gasteiger partial charge < -0.3 is 20.3 Å². The largest absolute Gasteiger partial charge is 0.497 e. The van der Waals surface area contributed by atoms with Crippen molar-refractivity contribution in [2.24, 2.45) is 0 Å². The highest BCUT2D eigenvalue weighted by Crippen LogP contribution is 2.17. The predicted octanol–water partition coefficient (Wildman–Crippen LogP) is 3.41. The monoisotopic (exact) mass is 398 g/mol. The number of aryl methyl sites for hydroxylation is 2. The number of ether oxygens (including phenoxy) is 1. The zero-order valence-corrected chi connectivity index (χ0v) is 18.0. The minimum Gasteiger partial charge on any atom is -0.497 e. The summed E-state index contributed by atoms with van der Waals surface area (Å²) in [4.78, 5) is 1.64. The zero-order valence-electron chi connectivity index (χ0n) is 17.2. The average molecular weight is 399 g/mol. The molecular formula is C23H32N3OS+. The summed E-state index contributed by atoms with van der Waals surface area (Å²) in [6, 6.07) is 15.2. The second kappa shape index (κ2) is 9.89. The summed E-state index contributed by atoms with van der Waals surface area (Å²) in [7, 11) is 1.71. The summed E-state index contributed by atoms with van der Waals surface area (Å²) in [5.41, 5.74) is 4.92. The van der Waals surface area contributed by atoms with Gasteiger partial charge in [-0.1, -0.05) is 6.07 Å². The molecular weight excluding hydrogens is 366 g/mol. The zero-order chi connectivity index (χ0) is 19.9. The molecule has 150 valence electrons. The molecule has 0 unspecified atom stereocenters. The maximum Gasteiger partial charge on any atom is 0.171 e. The molecule has 0 aliphatic carbocycles. The Morgan fingerprint density at radius 2 is 1.75 bits per heavy atom. The van der Waals surface area contributed by atoms with E-state index in [1.165, 1.54) is 49.0 Å². The van der Waals surface area contributed by atoms with E-state index in [-0.39, 0.29) is 0 Å². The van der Waals surface area contributed by atoms with Gasteiger partial charge in [-0.05, 0) is 92.9 Å². The van der Waals surface area contributed by atoms with Crippen molar-refractivity contribution in [2.45, 2.75) is 39.2 Å². The molecule has 0 amide bonds. The van der Waals surface area contributed by atoms with Crippen LogP contribution in [0.3, 0.4) is 0 Å². The minimum absolute atomic E-state index is 0.380. The second-order valence-corrected chi connectivity index (χ2v) is 8.09. The lowest BCUT2D eigenvalue weighted by molar-refractivity contribution is -0.934. The first-order chi connectivity index (χ1) is 13.6. The fourth-order valence-corrected chi connectivity index (χ4v) is 4.08. The Morgan fingerprint density at radius 3 is 2.39 bits per heavy atom. The molecule has 28 heavy (non-hydrogen) atoms. The van der Waals surface area contributed by atoms with E-state index >= 15 is 0 Å². The second-order valence-electron chi connectivity index (χ2n) is 7.68. The summed E-state index contributed by atoms with van der Waals surface area (Å²) in [5, 5.41) is 7.47. The molecule has 2 aromatic rings. The Balaban J connectivity index is 1.66. The number of methoxy groups -OCH3 is 1. The van der Waals surface area contributed by atoms with Gasteiger partial charge in [-0.25, -0.2) is 0 Å². The van der Waals surface area contributed by atoms with Gasteiger partial charge in [0.2, 0.25) is 0 Å². The van der Waals surface area contributed by atoms with Gasteiger partial charge in [0.05, 0.1) is 26.7 Å². The van der Waals surface area contributed by atoms with Crippen LogP contribution in [-0.4, -0.2) is 31.9 Å². The Morgan fingerprint density at radius 1 is 1.04 bits per heavy atom. The molecule has 2 aromatic carbocycles. The number of hydrogen-bond acceptors (Lipinski definition) is 2. The van der Waals surface area contributed by atoms with E-state index in [9.17, 15) is 0 Å². The predicted molar refractivity (Wildman–Crippen MR) is 120 cm³/mol. The third-order valence-electron chi connectivity index (χ3n) is 5.74. The van der Waals surface area contributed by atoms with E-state index in [1.54, 1.807) is 12.0 Å². The molecule has 0 aromatic heterocycles. The van der Waals surface area contributed by atoms with E-state index in [2.05, 4.69) is 66.9 Å². The van der Waals surface area contributed by atoms with Crippen LogP contribution < -0.4 is 20.3 Å². The first kappa shape index (κ1) is 20.6. The molecule has 3 rings (SSSR count). The Labute approximate surface area is 174 Å². The minimum atomic E-state index is 0.380. The van der Waals surface area contributed by atoms with Gasteiger partial charge in [-0.15, -0.1) is 0 Å². The summed E-state index contributed by atoms with van der Waals surface area (Å²) in [6.45, 7) is 7.50. The highest BCUT2D eigenvalue weighted by molar-refractivity contribution is 7.80. The number of benzene rings is 2. The summed E-state index contributed by atoms with van der Waals surface area (Å²) < 4.78 is 5.32. The van der Waals surface area contributed by atoms with E-state index in [1.807, 2.05) is 0 Å². The maximum absolute atomic E-state index is 5.57. The van der Waals surface area contributed by atoms with Crippen molar-refractivity contribution in [1.29, 1.82) is 0 Å². The molecule has 0 spiro atoms. The SMILES string of the molecule is COc1ccc([C@H](CNC(=S)Nc2ccc(C)c(C)c2)[NH+]2CCCCC2)cc1. The highest BCUT2D eigenvalue weighted by atomic mass is 32.1. The van der Waals surface area contributed by atoms with E-state index in [0.29, 0.717) is 11.2 Å². The van der Waals surface area contributed by atoms with Crippen LogP contribution in [0.4, 0.5) is 5.69 Å². The summed E-state index contributed by atoms with van der Waals surface area (Å²) in [5.74, 6) is 0.899. The molecule has 1 heterocycles. The molecule has 5 heteroatoms. The fraction of sp³-hybridized carbons (Fsp3) is 0.435. The van der Waals surface area contributed by atoms with Crippen molar-refractivity contribution in [1.82, 2.24) is 5.32 Å². The average Bonchev–Trinajstić information content (AvgIpc) is 2.72. The maximum atomic E-state index is 5.57. The number of nitrogens with one attached hydrogen (secondary N) is 3. The standard InChI is InChI=1S/C23H31N3OS/c1-17-7-10-20(15-18(17)2)25-23(28)24-16-22(26-13-5-4-6-14-26)19-8-11-21(27-3)12-9-19/h7-12,15,22H,4-6,13-14,16H2,1-3H3,(H2,24,25,28)/p+1/t22-/m0/s1. The third kappa shape index (κ3) is 5.46.